The first-order valence-corrected chi connectivity index (χ1v) is 10.5. The minimum Gasteiger partial charge on any atom is -0.478 e. The highest BCUT2D eigenvalue weighted by molar-refractivity contribution is 5.23. The Bertz CT molecular complexity index is 531. The van der Waals surface area contributed by atoms with Crippen molar-refractivity contribution in [3.63, 3.8) is 0 Å². The molecule has 2 nitrogen and oxygen atoms in total. The summed E-state index contributed by atoms with van der Waals surface area (Å²) < 4.78 is 19.6. The molecule has 2 saturated carbocycles. The van der Waals surface area contributed by atoms with Gasteiger partial charge in [0.05, 0.1) is 6.61 Å². The summed E-state index contributed by atoms with van der Waals surface area (Å²) >= 11 is 0. The Morgan fingerprint density at radius 1 is 0.960 bits per heavy atom. The minimum atomic E-state index is -0.325. The Morgan fingerprint density at radius 2 is 1.60 bits per heavy atom. The zero-order valence-electron chi connectivity index (χ0n) is 16.0. The fourth-order valence-corrected chi connectivity index (χ4v) is 5.22. The third-order valence-corrected chi connectivity index (χ3v) is 6.61. The van der Waals surface area contributed by atoms with Gasteiger partial charge in [-0.15, -0.1) is 0 Å². The van der Waals surface area contributed by atoms with Gasteiger partial charge in [0.25, 0.3) is 0 Å². The number of halogens is 1. The molecule has 1 aromatic rings. The Labute approximate surface area is 152 Å². The van der Waals surface area contributed by atoms with Crippen molar-refractivity contribution in [2.45, 2.75) is 84.0 Å². The summed E-state index contributed by atoms with van der Waals surface area (Å²) in [6, 6.07) is 3.72. The molecule has 3 heteroatoms. The number of ether oxygens (including phenoxy) is 1. The second kappa shape index (κ2) is 9.00. The van der Waals surface area contributed by atoms with Gasteiger partial charge in [0.15, 0.2) is 0 Å². The zero-order chi connectivity index (χ0) is 17.6. The van der Waals surface area contributed by atoms with Gasteiger partial charge in [-0.3, -0.25) is 0 Å². The summed E-state index contributed by atoms with van der Waals surface area (Å²) in [4.78, 5) is 3.98. The van der Waals surface area contributed by atoms with Crippen LogP contribution >= 0.6 is 0 Å². The number of nitrogens with zero attached hydrogens (tertiary/aromatic N) is 1. The van der Waals surface area contributed by atoms with E-state index in [0.29, 0.717) is 18.4 Å². The van der Waals surface area contributed by atoms with Crippen LogP contribution < -0.4 is 4.74 Å². The van der Waals surface area contributed by atoms with Crippen LogP contribution in [0.25, 0.3) is 0 Å². The van der Waals surface area contributed by atoms with Crippen LogP contribution in [0.2, 0.25) is 0 Å². The lowest BCUT2D eigenvalue weighted by molar-refractivity contribution is 0.155. The van der Waals surface area contributed by atoms with Crippen LogP contribution in [0, 0.1) is 23.7 Å². The van der Waals surface area contributed by atoms with Crippen LogP contribution in [0.4, 0.5) is 4.39 Å². The van der Waals surface area contributed by atoms with Crippen molar-refractivity contribution in [2.75, 3.05) is 6.61 Å². The van der Waals surface area contributed by atoms with Crippen molar-refractivity contribution in [1.29, 1.82) is 0 Å². The van der Waals surface area contributed by atoms with Gasteiger partial charge >= 0.3 is 0 Å². The molecular formula is C22H34FNO. The lowest BCUT2D eigenvalue weighted by Crippen LogP contribution is -2.25. The standard InChI is InChI=1S/C22H34FNO/c1-3-5-16-6-8-17(9-7-16)18-10-12-19(13-11-18)20-14-15-21(25-4-2)24-22(20)23/h14-19H,3-13H2,1-2H3/t16-,17-,18?,19?. The number of hydrogen-bond donors (Lipinski definition) is 0. The molecule has 0 aliphatic heterocycles. The molecule has 1 heterocycles. The van der Waals surface area contributed by atoms with Crippen LogP contribution in [-0.2, 0) is 0 Å². The van der Waals surface area contributed by atoms with E-state index in [0.717, 1.165) is 36.2 Å². The van der Waals surface area contributed by atoms with E-state index in [2.05, 4.69) is 11.9 Å². The Balaban J connectivity index is 1.50. The Kier molecular flexibility index (Phi) is 6.72. The molecule has 0 radical (unpaired) electrons. The van der Waals surface area contributed by atoms with Crippen molar-refractivity contribution in [3.05, 3.63) is 23.6 Å². The highest BCUT2D eigenvalue weighted by Gasteiger charge is 2.32. The second-order valence-corrected chi connectivity index (χ2v) is 8.14. The Hall–Kier alpha value is -1.12. The molecular weight excluding hydrogens is 313 g/mol. The van der Waals surface area contributed by atoms with Gasteiger partial charge in [-0.1, -0.05) is 32.6 Å². The summed E-state index contributed by atoms with van der Waals surface area (Å²) in [6.07, 6.45) is 13.3. The van der Waals surface area contributed by atoms with E-state index in [4.69, 9.17) is 4.74 Å². The van der Waals surface area contributed by atoms with Gasteiger partial charge in [-0.25, -0.2) is 0 Å². The maximum absolute atomic E-state index is 14.3. The van der Waals surface area contributed by atoms with Gasteiger partial charge in [0, 0.05) is 11.6 Å². The highest BCUT2D eigenvalue weighted by atomic mass is 19.1. The molecule has 0 spiro atoms. The molecule has 140 valence electrons. The van der Waals surface area contributed by atoms with Crippen LogP contribution in [-0.4, -0.2) is 11.6 Å². The van der Waals surface area contributed by atoms with E-state index < -0.39 is 0 Å². The normalized spacial score (nSPS) is 30.2. The third kappa shape index (κ3) is 4.74. The van der Waals surface area contributed by atoms with E-state index in [1.165, 1.54) is 51.4 Å². The summed E-state index contributed by atoms with van der Waals surface area (Å²) in [7, 11) is 0. The second-order valence-electron chi connectivity index (χ2n) is 8.14. The number of hydrogen-bond acceptors (Lipinski definition) is 2. The smallest absolute Gasteiger partial charge is 0.219 e. The molecule has 0 aromatic carbocycles. The van der Waals surface area contributed by atoms with Crippen molar-refractivity contribution >= 4 is 0 Å². The van der Waals surface area contributed by atoms with E-state index in [-0.39, 0.29) is 5.95 Å². The molecule has 0 bridgehead atoms. The first-order valence-electron chi connectivity index (χ1n) is 10.5. The monoisotopic (exact) mass is 347 g/mol. The maximum atomic E-state index is 14.3. The van der Waals surface area contributed by atoms with Crippen molar-refractivity contribution in [1.82, 2.24) is 4.98 Å². The molecule has 0 unspecified atom stereocenters. The molecule has 25 heavy (non-hydrogen) atoms. The summed E-state index contributed by atoms with van der Waals surface area (Å²) in [5.74, 6) is 3.21. The highest BCUT2D eigenvalue weighted by Crippen LogP contribution is 2.44. The molecule has 2 fully saturated rings. The molecule has 0 N–H and O–H groups in total. The van der Waals surface area contributed by atoms with Gasteiger partial charge in [0.1, 0.15) is 0 Å². The number of rotatable bonds is 6. The van der Waals surface area contributed by atoms with E-state index in [1.807, 2.05) is 19.1 Å². The van der Waals surface area contributed by atoms with Gasteiger partial charge in [0.2, 0.25) is 11.8 Å². The SMILES string of the molecule is CCC[C@H]1CC[C@H](C2CCC(c3ccc(OCC)nc3F)CC2)CC1. The quantitative estimate of drug-likeness (QED) is 0.548. The summed E-state index contributed by atoms with van der Waals surface area (Å²) in [6.45, 7) is 4.73. The third-order valence-electron chi connectivity index (χ3n) is 6.61. The fraction of sp³-hybridized carbons (Fsp3) is 0.773. The Morgan fingerprint density at radius 3 is 2.16 bits per heavy atom. The first-order chi connectivity index (χ1) is 12.2. The van der Waals surface area contributed by atoms with E-state index >= 15 is 0 Å². The molecule has 0 atom stereocenters. The van der Waals surface area contributed by atoms with Crippen molar-refractivity contribution < 1.29 is 9.13 Å². The van der Waals surface area contributed by atoms with Crippen molar-refractivity contribution in [3.8, 4) is 5.88 Å². The van der Waals surface area contributed by atoms with Crippen LogP contribution in [0.15, 0.2) is 12.1 Å². The largest absolute Gasteiger partial charge is 0.478 e. The minimum absolute atomic E-state index is 0.325. The number of aromatic nitrogens is 1. The zero-order valence-corrected chi connectivity index (χ0v) is 16.0. The van der Waals surface area contributed by atoms with Crippen LogP contribution in [0.3, 0.4) is 0 Å². The molecule has 2 aliphatic rings. The summed E-state index contributed by atoms with van der Waals surface area (Å²) in [5, 5.41) is 0. The molecule has 3 rings (SSSR count). The van der Waals surface area contributed by atoms with E-state index in [9.17, 15) is 4.39 Å². The van der Waals surface area contributed by atoms with Gasteiger partial charge in [-0.2, -0.15) is 9.37 Å². The van der Waals surface area contributed by atoms with Crippen molar-refractivity contribution in [2.24, 2.45) is 17.8 Å². The molecule has 1 aromatic heterocycles. The van der Waals surface area contributed by atoms with Crippen LogP contribution in [0.1, 0.15) is 89.5 Å². The lowest BCUT2D eigenvalue weighted by Gasteiger charge is -2.38. The average molecular weight is 348 g/mol. The van der Waals surface area contributed by atoms with E-state index in [1.54, 1.807) is 0 Å². The first kappa shape index (κ1) is 18.7. The molecule has 0 saturated heterocycles. The predicted molar refractivity (Wildman–Crippen MR) is 100 cm³/mol. The maximum Gasteiger partial charge on any atom is 0.219 e. The van der Waals surface area contributed by atoms with Crippen LogP contribution in [0.5, 0.6) is 5.88 Å². The molecule has 0 amide bonds. The number of pyridine rings is 1. The average Bonchev–Trinajstić information content (AvgIpc) is 2.63. The predicted octanol–water partition coefficient (Wildman–Crippen LogP) is 6.50. The van der Waals surface area contributed by atoms with Gasteiger partial charge in [-0.05, 0) is 75.2 Å². The summed E-state index contributed by atoms with van der Waals surface area (Å²) in [5.41, 5.74) is 0.800. The molecule has 2 aliphatic carbocycles. The fourth-order valence-electron chi connectivity index (χ4n) is 5.22. The lowest BCUT2D eigenvalue weighted by atomic mass is 9.68. The van der Waals surface area contributed by atoms with Gasteiger partial charge < -0.3 is 4.74 Å². The topological polar surface area (TPSA) is 22.1 Å².